The number of ether oxygens (including phenoxy) is 1. The van der Waals surface area contributed by atoms with Crippen molar-refractivity contribution in [1.82, 2.24) is 4.98 Å². The molecule has 0 spiro atoms. The molecule has 0 aromatic carbocycles. The third kappa shape index (κ3) is 4.00. The highest BCUT2D eigenvalue weighted by atomic mass is 32.1. The zero-order valence-electron chi connectivity index (χ0n) is 9.17. The number of aliphatic carboxylic acids is 1. The summed E-state index contributed by atoms with van der Waals surface area (Å²) in [5, 5.41) is 13.7. The third-order valence-corrected chi connectivity index (χ3v) is 2.76. The minimum atomic E-state index is -1.13. The summed E-state index contributed by atoms with van der Waals surface area (Å²) < 4.78 is 4.47. The third-order valence-electron chi connectivity index (χ3n) is 1.94. The molecule has 7 nitrogen and oxygen atoms in total. The molecule has 0 aliphatic rings. The highest BCUT2D eigenvalue weighted by Gasteiger charge is 2.17. The standard InChI is InChI=1S/C9H13N3O4S/c1-16-6(13)2-3-11-9-12-5(4-17-9)7(10)8(14)15/h4,7H,2-3,10H2,1H3,(H,11,12)(H,14,15). The van der Waals surface area contributed by atoms with Crippen molar-refractivity contribution in [3.05, 3.63) is 11.1 Å². The lowest BCUT2D eigenvalue weighted by Gasteiger charge is -2.02. The van der Waals surface area contributed by atoms with Crippen LogP contribution in [0.15, 0.2) is 5.38 Å². The molecule has 4 N–H and O–H groups in total. The van der Waals surface area contributed by atoms with E-state index in [0.29, 0.717) is 17.4 Å². The number of hydrogen-bond acceptors (Lipinski definition) is 7. The summed E-state index contributed by atoms with van der Waals surface area (Å²) in [6, 6.07) is -1.12. The van der Waals surface area contributed by atoms with Gasteiger partial charge in [-0.25, -0.2) is 4.98 Å². The first kappa shape index (κ1) is 13.4. The average Bonchev–Trinajstić information content (AvgIpc) is 2.76. The van der Waals surface area contributed by atoms with Crippen molar-refractivity contribution in [2.24, 2.45) is 5.73 Å². The van der Waals surface area contributed by atoms with Crippen molar-refractivity contribution < 1.29 is 19.4 Å². The molecule has 0 bridgehead atoms. The Morgan fingerprint density at radius 2 is 2.41 bits per heavy atom. The lowest BCUT2D eigenvalue weighted by Crippen LogP contribution is -2.21. The van der Waals surface area contributed by atoms with Gasteiger partial charge in [-0.15, -0.1) is 11.3 Å². The Balaban J connectivity index is 2.46. The number of nitrogens with one attached hydrogen (secondary N) is 1. The molecule has 0 aliphatic heterocycles. The van der Waals surface area contributed by atoms with Crippen LogP contribution in [0.3, 0.4) is 0 Å². The van der Waals surface area contributed by atoms with Gasteiger partial charge in [0.15, 0.2) is 5.13 Å². The van der Waals surface area contributed by atoms with E-state index in [0.717, 1.165) is 0 Å². The lowest BCUT2D eigenvalue weighted by molar-refractivity contribution is -0.140. The normalized spacial score (nSPS) is 11.9. The maximum Gasteiger partial charge on any atom is 0.326 e. The maximum absolute atomic E-state index is 10.8. The van der Waals surface area contributed by atoms with E-state index in [9.17, 15) is 9.59 Å². The largest absolute Gasteiger partial charge is 0.480 e. The molecule has 8 heteroatoms. The first-order valence-electron chi connectivity index (χ1n) is 4.79. The second-order valence-electron chi connectivity index (χ2n) is 3.15. The Bertz CT molecular complexity index is 407. The fourth-order valence-corrected chi connectivity index (χ4v) is 1.79. The minimum Gasteiger partial charge on any atom is -0.480 e. The topological polar surface area (TPSA) is 115 Å². The van der Waals surface area contributed by atoms with Gasteiger partial charge in [-0.05, 0) is 0 Å². The van der Waals surface area contributed by atoms with Crippen molar-refractivity contribution in [2.45, 2.75) is 12.5 Å². The summed E-state index contributed by atoms with van der Waals surface area (Å²) in [5.74, 6) is -1.45. The molecule has 1 rings (SSSR count). The van der Waals surface area contributed by atoms with Gasteiger partial charge in [0, 0.05) is 11.9 Å². The van der Waals surface area contributed by atoms with Crippen LogP contribution in [0.2, 0.25) is 0 Å². The molecule has 94 valence electrons. The molecular formula is C9H13N3O4S. The zero-order chi connectivity index (χ0) is 12.8. The van der Waals surface area contributed by atoms with E-state index in [4.69, 9.17) is 10.8 Å². The van der Waals surface area contributed by atoms with E-state index in [1.807, 2.05) is 0 Å². The number of nitrogens with two attached hydrogens (primary N) is 1. The number of carbonyl (C=O) groups excluding carboxylic acids is 1. The molecule has 0 saturated carbocycles. The van der Waals surface area contributed by atoms with Crippen LogP contribution in [0.5, 0.6) is 0 Å². The van der Waals surface area contributed by atoms with Gasteiger partial charge < -0.3 is 20.9 Å². The summed E-state index contributed by atoms with van der Waals surface area (Å²) in [7, 11) is 1.32. The quantitative estimate of drug-likeness (QED) is 0.625. The number of rotatable bonds is 6. The van der Waals surface area contributed by atoms with Crippen LogP contribution in [0, 0.1) is 0 Å². The summed E-state index contributed by atoms with van der Waals surface area (Å²) in [4.78, 5) is 25.4. The molecule has 1 unspecified atom stereocenters. The Morgan fingerprint density at radius 3 is 3.00 bits per heavy atom. The number of nitrogens with zero attached hydrogens (tertiary/aromatic N) is 1. The van der Waals surface area contributed by atoms with Crippen molar-refractivity contribution in [1.29, 1.82) is 0 Å². The van der Waals surface area contributed by atoms with E-state index in [-0.39, 0.29) is 12.4 Å². The lowest BCUT2D eigenvalue weighted by atomic mass is 10.2. The summed E-state index contributed by atoms with van der Waals surface area (Å²) in [6.45, 7) is 0.377. The molecule has 1 heterocycles. The maximum atomic E-state index is 10.8. The number of thiazole rings is 1. The van der Waals surface area contributed by atoms with Gasteiger partial charge in [0.25, 0.3) is 0 Å². The summed E-state index contributed by atoms with van der Waals surface area (Å²) in [6.07, 6.45) is 0.219. The van der Waals surface area contributed by atoms with Gasteiger partial charge in [-0.2, -0.15) is 0 Å². The molecule has 0 amide bonds. The molecule has 1 aromatic heterocycles. The van der Waals surface area contributed by atoms with E-state index in [1.54, 1.807) is 5.38 Å². The van der Waals surface area contributed by atoms with Crippen LogP contribution in [-0.2, 0) is 14.3 Å². The van der Waals surface area contributed by atoms with Gasteiger partial charge in [0.2, 0.25) is 0 Å². The number of aromatic nitrogens is 1. The number of hydrogen-bond donors (Lipinski definition) is 3. The first-order valence-corrected chi connectivity index (χ1v) is 5.67. The smallest absolute Gasteiger partial charge is 0.326 e. The number of carboxylic acids is 1. The molecule has 17 heavy (non-hydrogen) atoms. The minimum absolute atomic E-state index is 0.219. The van der Waals surface area contributed by atoms with E-state index >= 15 is 0 Å². The number of methoxy groups -OCH3 is 1. The van der Waals surface area contributed by atoms with Gasteiger partial charge in [-0.1, -0.05) is 0 Å². The Hall–Kier alpha value is -1.67. The highest BCUT2D eigenvalue weighted by Crippen LogP contribution is 2.19. The van der Waals surface area contributed by atoms with Crippen LogP contribution in [0.1, 0.15) is 18.2 Å². The van der Waals surface area contributed by atoms with Crippen molar-refractivity contribution in [3.8, 4) is 0 Å². The predicted octanol–water partition coefficient (Wildman–Crippen LogP) is 0.202. The Labute approximate surface area is 102 Å². The number of carboxylic acid groups (broad SMARTS) is 1. The van der Waals surface area contributed by atoms with Crippen molar-refractivity contribution >= 4 is 28.4 Å². The SMILES string of the molecule is COC(=O)CCNc1nc(C(N)C(=O)O)cs1. The molecule has 0 radical (unpaired) electrons. The monoisotopic (exact) mass is 259 g/mol. The van der Waals surface area contributed by atoms with E-state index in [1.165, 1.54) is 18.4 Å². The molecule has 0 aliphatic carbocycles. The predicted molar refractivity (Wildman–Crippen MR) is 61.8 cm³/mol. The van der Waals surface area contributed by atoms with Gasteiger partial charge >= 0.3 is 11.9 Å². The van der Waals surface area contributed by atoms with E-state index < -0.39 is 12.0 Å². The average molecular weight is 259 g/mol. The molecule has 1 atom stereocenters. The Kier molecular flexibility index (Phi) is 4.85. The fourth-order valence-electron chi connectivity index (χ4n) is 1.01. The molecule has 1 aromatic rings. The van der Waals surface area contributed by atoms with Crippen LogP contribution in [-0.4, -0.2) is 35.7 Å². The second kappa shape index (κ2) is 6.16. The van der Waals surface area contributed by atoms with Gasteiger partial charge in [-0.3, -0.25) is 9.59 Å². The van der Waals surface area contributed by atoms with Crippen LogP contribution in [0.4, 0.5) is 5.13 Å². The first-order chi connectivity index (χ1) is 8.04. The summed E-state index contributed by atoms with van der Waals surface area (Å²) in [5.41, 5.74) is 5.69. The van der Waals surface area contributed by atoms with Crippen molar-refractivity contribution in [2.75, 3.05) is 19.0 Å². The highest BCUT2D eigenvalue weighted by molar-refractivity contribution is 7.13. The van der Waals surface area contributed by atoms with Crippen LogP contribution < -0.4 is 11.1 Å². The zero-order valence-corrected chi connectivity index (χ0v) is 9.99. The Morgan fingerprint density at radius 1 is 1.71 bits per heavy atom. The number of carbonyl (C=O) groups is 2. The fraction of sp³-hybridized carbons (Fsp3) is 0.444. The van der Waals surface area contributed by atoms with Crippen LogP contribution in [0.25, 0.3) is 0 Å². The number of esters is 1. The van der Waals surface area contributed by atoms with E-state index in [2.05, 4.69) is 15.0 Å². The molecule has 0 saturated heterocycles. The summed E-state index contributed by atoms with van der Waals surface area (Å²) >= 11 is 1.24. The second-order valence-corrected chi connectivity index (χ2v) is 4.00. The molecular weight excluding hydrogens is 246 g/mol. The van der Waals surface area contributed by atoms with Gasteiger partial charge in [0.05, 0.1) is 19.2 Å². The molecule has 0 fully saturated rings. The van der Waals surface area contributed by atoms with Crippen LogP contribution >= 0.6 is 11.3 Å². The number of anilines is 1. The van der Waals surface area contributed by atoms with Gasteiger partial charge in [0.1, 0.15) is 6.04 Å². The van der Waals surface area contributed by atoms with Crippen molar-refractivity contribution in [3.63, 3.8) is 0 Å².